The van der Waals surface area contributed by atoms with Crippen molar-refractivity contribution in [2.75, 3.05) is 13.7 Å². The molecule has 0 aliphatic rings. The van der Waals surface area contributed by atoms with Crippen molar-refractivity contribution < 1.29 is 18.8 Å². The van der Waals surface area contributed by atoms with Gasteiger partial charge in [0.1, 0.15) is 0 Å². The van der Waals surface area contributed by atoms with Crippen LogP contribution in [0.5, 0.6) is 11.5 Å². The molecule has 2 aromatic carbocycles. The Balaban J connectivity index is 1.48. The van der Waals surface area contributed by atoms with Crippen LogP contribution in [0.4, 0.5) is 0 Å². The molecule has 0 saturated carbocycles. The SMILES string of the molecule is CCCCOc1ccc(CNC(=O)CCc2nc(-c3ccc(C(C)C)cc3)no2)cc1OC. The lowest BCUT2D eigenvalue weighted by Gasteiger charge is -2.12. The van der Waals surface area contributed by atoms with E-state index in [9.17, 15) is 4.79 Å². The molecule has 7 nitrogen and oxygen atoms in total. The summed E-state index contributed by atoms with van der Waals surface area (Å²) in [6, 6.07) is 13.8. The molecule has 0 spiro atoms. The highest BCUT2D eigenvalue weighted by atomic mass is 16.5. The van der Waals surface area contributed by atoms with E-state index < -0.39 is 0 Å². The third-order valence-corrected chi connectivity index (χ3v) is 5.34. The monoisotopic (exact) mass is 451 g/mol. The molecule has 0 atom stereocenters. The van der Waals surface area contributed by atoms with Crippen LogP contribution in [0.15, 0.2) is 47.0 Å². The second kappa shape index (κ2) is 12.0. The van der Waals surface area contributed by atoms with E-state index in [1.165, 1.54) is 5.56 Å². The molecule has 0 saturated heterocycles. The van der Waals surface area contributed by atoms with Crippen molar-refractivity contribution in [3.63, 3.8) is 0 Å². The van der Waals surface area contributed by atoms with Crippen LogP contribution >= 0.6 is 0 Å². The molecular weight excluding hydrogens is 418 g/mol. The van der Waals surface area contributed by atoms with Crippen LogP contribution in [0.25, 0.3) is 11.4 Å². The third-order valence-electron chi connectivity index (χ3n) is 5.34. The molecule has 176 valence electrons. The van der Waals surface area contributed by atoms with Crippen molar-refractivity contribution in [3.8, 4) is 22.9 Å². The Labute approximate surface area is 195 Å². The zero-order valence-electron chi connectivity index (χ0n) is 19.9. The number of hydrogen-bond acceptors (Lipinski definition) is 6. The largest absolute Gasteiger partial charge is 0.493 e. The summed E-state index contributed by atoms with van der Waals surface area (Å²) >= 11 is 0. The van der Waals surface area contributed by atoms with Gasteiger partial charge in [0.05, 0.1) is 13.7 Å². The van der Waals surface area contributed by atoms with E-state index in [-0.39, 0.29) is 12.3 Å². The number of nitrogens with zero attached hydrogens (tertiary/aromatic N) is 2. The number of amides is 1. The van der Waals surface area contributed by atoms with Crippen LogP contribution in [-0.4, -0.2) is 29.8 Å². The fourth-order valence-corrected chi connectivity index (χ4v) is 3.27. The summed E-state index contributed by atoms with van der Waals surface area (Å²) in [6.07, 6.45) is 2.72. The van der Waals surface area contributed by atoms with Crippen molar-refractivity contribution >= 4 is 5.91 Å². The zero-order chi connectivity index (χ0) is 23.6. The number of methoxy groups -OCH3 is 1. The highest BCUT2D eigenvalue weighted by Gasteiger charge is 2.12. The van der Waals surface area contributed by atoms with E-state index >= 15 is 0 Å². The quantitative estimate of drug-likeness (QED) is 0.376. The minimum Gasteiger partial charge on any atom is -0.493 e. The van der Waals surface area contributed by atoms with Gasteiger partial charge in [-0.15, -0.1) is 0 Å². The minimum absolute atomic E-state index is 0.0849. The van der Waals surface area contributed by atoms with Crippen molar-refractivity contribution in [1.82, 2.24) is 15.5 Å². The fraction of sp³-hybridized carbons (Fsp3) is 0.423. The lowest BCUT2D eigenvalue weighted by Crippen LogP contribution is -2.23. The van der Waals surface area contributed by atoms with Crippen LogP contribution in [0.3, 0.4) is 0 Å². The van der Waals surface area contributed by atoms with Crippen LogP contribution in [-0.2, 0) is 17.8 Å². The first-order chi connectivity index (χ1) is 16.0. The van der Waals surface area contributed by atoms with E-state index in [1.807, 2.05) is 30.3 Å². The Morgan fingerprint density at radius 2 is 1.91 bits per heavy atom. The predicted molar refractivity (Wildman–Crippen MR) is 127 cm³/mol. The molecular formula is C26H33N3O4. The van der Waals surface area contributed by atoms with Crippen LogP contribution in [0.1, 0.15) is 63.0 Å². The molecule has 3 rings (SSSR count). The number of unbranched alkanes of at least 4 members (excludes halogenated alkanes) is 1. The Bertz CT molecular complexity index is 1030. The van der Waals surface area contributed by atoms with Crippen molar-refractivity contribution in [2.45, 2.75) is 58.9 Å². The Kier molecular flexibility index (Phi) is 8.87. The summed E-state index contributed by atoms with van der Waals surface area (Å²) in [5.74, 6) is 2.75. The highest BCUT2D eigenvalue weighted by molar-refractivity contribution is 5.76. The van der Waals surface area contributed by atoms with E-state index in [4.69, 9.17) is 14.0 Å². The van der Waals surface area contributed by atoms with Crippen LogP contribution < -0.4 is 14.8 Å². The fourth-order valence-electron chi connectivity index (χ4n) is 3.27. The molecule has 1 aromatic heterocycles. The number of carbonyl (C=O) groups is 1. The number of rotatable bonds is 12. The number of aryl methyl sites for hydroxylation is 1. The molecule has 0 aliphatic carbocycles. The van der Waals surface area contributed by atoms with Gasteiger partial charge in [0.25, 0.3) is 0 Å². The summed E-state index contributed by atoms with van der Waals surface area (Å²) in [4.78, 5) is 16.7. The van der Waals surface area contributed by atoms with Gasteiger partial charge >= 0.3 is 0 Å². The van der Waals surface area contributed by atoms with Gasteiger partial charge in [-0.3, -0.25) is 4.79 Å². The van der Waals surface area contributed by atoms with E-state index in [2.05, 4.69) is 48.4 Å². The summed E-state index contributed by atoms with van der Waals surface area (Å²) in [5.41, 5.74) is 3.10. The molecule has 1 N–H and O–H groups in total. The lowest BCUT2D eigenvalue weighted by molar-refractivity contribution is -0.121. The van der Waals surface area contributed by atoms with Crippen LogP contribution in [0.2, 0.25) is 0 Å². The Morgan fingerprint density at radius 3 is 2.61 bits per heavy atom. The van der Waals surface area contributed by atoms with E-state index in [0.29, 0.717) is 48.7 Å². The molecule has 0 unspecified atom stereocenters. The maximum Gasteiger partial charge on any atom is 0.227 e. The van der Waals surface area contributed by atoms with Gasteiger partial charge in [-0.25, -0.2) is 0 Å². The number of nitrogens with one attached hydrogen (secondary N) is 1. The maximum atomic E-state index is 12.3. The first kappa shape index (κ1) is 24.3. The van der Waals surface area contributed by atoms with Crippen LogP contribution in [0, 0.1) is 0 Å². The summed E-state index contributed by atoms with van der Waals surface area (Å²) in [6.45, 7) is 7.49. The maximum absolute atomic E-state index is 12.3. The number of hydrogen-bond donors (Lipinski definition) is 1. The lowest BCUT2D eigenvalue weighted by atomic mass is 10.0. The summed E-state index contributed by atoms with van der Waals surface area (Å²) in [5, 5.41) is 6.97. The van der Waals surface area contributed by atoms with Gasteiger partial charge in [0, 0.05) is 24.9 Å². The summed E-state index contributed by atoms with van der Waals surface area (Å²) in [7, 11) is 1.61. The minimum atomic E-state index is -0.0849. The highest BCUT2D eigenvalue weighted by Crippen LogP contribution is 2.28. The average Bonchev–Trinajstić information content (AvgIpc) is 3.31. The molecule has 0 radical (unpaired) electrons. The van der Waals surface area contributed by atoms with E-state index in [1.54, 1.807) is 7.11 Å². The standard InChI is InChI=1S/C26H33N3O4/c1-5-6-15-32-22-12-7-19(16-23(22)31-4)17-27-24(30)13-14-25-28-26(29-33-25)21-10-8-20(9-11-21)18(2)3/h7-12,16,18H,5-6,13-15,17H2,1-4H3,(H,27,30). The van der Waals surface area contributed by atoms with E-state index in [0.717, 1.165) is 24.0 Å². The molecule has 0 fully saturated rings. The van der Waals surface area contributed by atoms with Crippen molar-refractivity contribution in [2.24, 2.45) is 0 Å². The van der Waals surface area contributed by atoms with Gasteiger partial charge in [-0.05, 0) is 35.6 Å². The molecule has 0 aliphatic heterocycles. The smallest absolute Gasteiger partial charge is 0.227 e. The molecule has 7 heteroatoms. The normalized spacial score (nSPS) is 10.9. The zero-order valence-corrected chi connectivity index (χ0v) is 19.9. The van der Waals surface area contributed by atoms with Gasteiger partial charge in [0.15, 0.2) is 11.5 Å². The van der Waals surface area contributed by atoms with Crippen molar-refractivity contribution in [3.05, 3.63) is 59.5 Å². The number of aromatic nitrogens is 2. The first-order valence-electron chi connectivity index (χ1n) is 11.5. The molecule has 0 bridgehead atoms. The molecule has 1 heterocycles. The Hall–Kier alpha value is -3.35. The van der Waals surface area contributed by atoms with Gasteiger partial charge in [-0.2, -0.15) is 4.98 Å². The first-order valence-corrected chi connectivity index (χ1v) is 11.5. The third kappa shape index (κ3) is 7.07. The number of ether oxygens (including phenoxy) is 2. The van der Waals surface area contributed by atoms with Gasteiger partial charge in [0.2, 0.25) is 17.6 Å². The Morgan fingerprint density at radius 1 is 1.12 bits per heavy atom. The van der Waals surface area contributed by atoms with Gasteiger partial charge < -0.3 is 19.3 Å². The average molecular weight is 452 g/mol. The molecule has 33 heavy (non-hydrogen) atoms. The second-order valence-electron chi connectivity index (χ2n) is 8.25. The van der Waals surface area contributed by atoms with Crippen molar-refractivity contribution in [1.29, 1.82) is 0 Å². The second-order valence-corrected chi connectivity index (χ2v) is 8.25. The topological polar surface area (TPSA) is 86.5 Å². The number of carbonyl (C=O) groups excluding carboxylic acids is 1. The predicted octanol–water partition coefficient (Wildman–Crippen LogP) is 5.30. The molecule has 3 aromatic rings. The number of benzene rings is 2. The van der Waals surface area contributed by atoms with Gasteiger partial charge in [-0.1, -0.05) is 62.7 Å². The molecule has 1 amide bonds. The summed E-state index contributed by atoms with van der Waals surface area (Å²) < 4.78 is 16.5.